The lowest BCUT2D eigenvalue weighted by Crippen LogP contribution is -2.60. The molecule has 6 atom stereocenters. The van der Waals surface area contributed by atoms with Crippen molar-refractivity contribution < 1.29 is 33.6 Å². The van der Waals surface area contributed by atoms with Gasteiger partial charge in [0, 0.05) is 66.9 Å². The number of guanidine groups is 1. The first-order valence-corrected chi connectivity index (χ1v) is 24.4. The smallest absolute Gasteiger partial charge is 0.243 e. The average molecular weight is 991 g/mol. The molecule has 0 unspecified atom stereocenters. The van der Waals surface area contributed by atoms with Crippen LogP contribution >= 0.6 is 0 Å². The summed E-state index contributed by atoms with van der Waals surface area (Å²) in [4.78, 5) is 106. The van der Waals surface area contributed by atoms with Crippen LogP contribution in [0.25, 0.3) is 21.8 Å². The number of aromatic nitrogens is 2. The maximum Gasteiger partial charge on any atom is 0.243 e. The van der Waals surface area contributed by atoms with Crippen molar-refractivity contribution in [2.45, 2.75) is 114 Å². The van der Waals surface area contributed by atoms with Crippen molar-refractivity contribution in [3.63, 3.8) is 0 Å². The molecule has 5 aromatic rings. The highest BCUT2D eigenvalue weighted by Gasteiger charge is 2.33. The van der Waals surface area contributed by atoms with Crippen molar-refractivity contribution >= 4 is 69.1 Å². The van der Waals surface area contributed by atoms with Crippen molar-refractivity contribution in [3.05, 3.63) is 108 Å². The van der Waals surface area contributed by atoms with Gasteiger partial charge in [-0.05, 0) is 93.3 Å². The number of carbonyl (C=O) groups is 7. The van der Waals surface area contributed by atoms with Gasteiger partial charge in [-0.2, -0.15) is 0 Å². The third-order valence-electron chi connectivity index (χ3n) is 12.2. The van der Waals surface area contributed by atoms with Crippen LogP contribution in [0.4, 0.5) is 0 Å². The zero-order chi connectivity index (χ0) is 52.0. The summed E-state index contributed by atoms with van der Waals surface area (Å²) in [5.74, 6) is -4.55. The van der Waals surface area contributed by atoms with Gasteiger partial charge in [0.2, 0.25) is 41.4 Å². The molecule has 18 N–H and O–H groups in total. The molecule has 21 nitrogen and oxygen atoms in total. The highest BCUT2D eigenvalue weighted by Crippen LogP contribution is 2.21. The normalized spacial score (nSPS) is 14.0. The first-order valence-electron chi connectivity index (χ1n) is 24.4. The number of unbranched alkanes of at least 4 members (excludes halogenated alkanes) is 2. The Balaban J connectivity index is 1.38. The molecule has 0 aliphatic heterocycles. The first-order chi connectivity index (χ1) is 34.7. The molecule has 7 amide bonds. The molecule has 2 heterocycles. The molecule has 0 saturated heterocycles. The Labute approximate surface area is 418 Å². The van der Waals surface area contributed by atoms with Crippen molar-refractivity contribution in [1.29, 1.82) is 0 Å². The van der Waals surface area contributed by atoms with Gasteiger partial charge < -0.3 is 65.2 Å². The standard InChI is InChI=1S/C51H70N14O7/c1-31(66)60-51(56)57-25-13-18-37(54)46(68)61-40(21-9-11-23-52)47(69)62-41(22-10-12-24-53)48(70)65-44(28-34-30-59-39-20-8-6-17-36(34)39)50(72)64-43(26-32-14-3-2-4-15-32)49(71)63-42(45(55)67)27-33-29-58-38-19-7-5-16-35(33)38/h2-8,14-17,19-20,29-30,37,40-44,58-59H,9-13,18,21-28,52-54H2,1H3,(H2,55,67)(H,61,68)(H,62,69)(H,63,71)(H,64,72)(H,65,70)(H3,56,57,60,66)/t37-,40-,41-,42-,43-,44-/m1/s1. The van der Waals surface area contributed by atoms with Crippen LogP contribution in [0, 0.1) is 0 Å². The summed E-state index contributed by atoms with van der Waals surface area (Å²) >= 11 is 0. The average Bonchev–Trinajstić information content (AvgIpc) is 3.97. The number of hydrogen-bond donors (Lipinski definition) is 13. The molecule has 0 radical (unpaired) electrons. The number of H-pyrrole nitrogens is 2. The van der Waals surface area contributed by atoms with Crippen molar-refractivity contribution in [2.75, 3.05) is 19.6 Å². The van der Waals surface area contributed by atoms with Gasteiger partial charge in [-0.1, -0.05) is 66.7 Å². The Bertz CT molecular complexity index is 2630. The summed E-state index contributed by atoms with van der Waals surface area (Å²) in [6.07, 6.45) is 6.39. The third kappa shape index (κ3) is 17.1. The predicted octanol–water partition coefficient (Wildman–Crippen LogP) is 0.403. The van der Waals surface area contributed by atoms with Crippen molar-refractivity contribution in [1.82, 2.24) is 41.9 Å². The highest BCUT2D eigenvalue weighted by molar-refractivity contribution is 5.98. The summed E-state index contributed by atoms with van der Waals surface area (Å²) in [5.41, 5.74) is 33.2. The Morgan fingerprint density at radius 2 is 0.972 bits per heavy atom. The minimum atomic E-state index is -1.30. The maximum atomic E-state index is 14.8. The van der Waals surface area contributed by atoms with Crippen LogP contribution in [0.5, 0.6) is 0 Å². The van der Waals surface area contributed by atoms with Gasteiger partial charge in [0.25, 0.3) is 0 Å². The number of primary amides is 1. The summed E-state index contributed by atoms with van der Waals surface area (Å²) in [7, 11) is 0. The molecule has 0 spiro atoms. The van der Waals surface area contributed by atoms with Crippen molar-refractivity contribution in [2.24, 2.45) is 33.7 Å². The first kappa shape index (κ1) is 55.3. The SMILES string of the molecule is CC(=O)NC(N)=NCCC[C@@H](N)C(=O)N[C@H](CCCCN)C(=O)N[C@H](CCCCN)C(=O)N[C@H](Cc1c[nH]c2ccccc12)C(=O)N[C@H](Cc1ccccc1)C(=O)N[C@H](Cc1c[nH]c2ccccc12)C(N)=O. The van der Waals surface area contributed by atoms with E-state index < -0.39 is 71.7 Å². The number of aliphatic imine (C=N–C) groups is 1. The molecule has 0 aliphatic rings. The minimum Gasteiger partial charge on any atom is -0.370 e. The molecule has 72 heavy (non-hydrogen) atoms. The molecule has 386 valence electrons. The van der Waals surface area contributed by atoms with E-state index in [2.05, 4.69) is 46.9 Å². The number of nitrogens with two attached hydrogens (primary N) is 5. The second-order valence-electron chi connectivity index (χ2n) is 17.8. The fraction of sp³-hybridized carbons (Fsp3) is 0.412. The lowest BCUT2D eigenvalue weighted by Gasteiger charge is -2.27. The minimum absolute atomic E-state index is 0.0184. The van der Waals surface area contributed by atoms with Gasteiger partial charge in [0.05, 0.1) is 6.04 Å². The Morgan fingerprint density at radius 3 is 1.49 bits per heavy atom. The van der Waals surface area contributed by atoms with Crippen LogP contribution in [0.3, 0.4) is 0 Å². The lowest BCUT2D eigenvalue weighted by molar-refractivity contribution is -0.135. The second-order valence-corrected chi connectivity index (χ2v) is 17.8. The lowest BCUT2D eigenvalue weighted by atomic mass is 10.00. The van der Waals surface area contributed by atoms with Gasteiger partial charge in [-0.15, -0.1) is 0 Å². The van der Waals surface area contributed by atoms with Crippen LogP contribution < -0.4 is 60.6 Å². The molecule has 5 rings (SSSR count). The van der Waals surface area contributed by atoms with Crippen LogP contribution in [-0.4, -0.2) is 113 Å². The number of para-hydroxylation sites is 2. The molecule has 3 aromatic carbocycles. The third-order valence-corrected chi connectivity index (χ3v) is 12.2. The maximum absolute atomic E-state index is 14.8. The Kier molecular flexibility index (Phi) is 21.7. The largest absolute Gasteiger partial charge is 0.370 e. The molecule has 21 heteroatoms. The molecule has 0 saturated carbocycles. The number of hydrogen-bond acceptors (Lipinski definition) is 11. The monoisotopic (exact) mass is 991 g/mol. The molecular weight excluding hydrogens is 921 g/mol. The van der Waals surface area contributed by atoms with E-state index in [4.69, 9.17) is 28.7 Å². The van der Waals surface area contributed by atoms with E-state index in [-0.39, 0.29) is 56.9 Å². The molecule has 0 aliphatic carbocycles. The number of nitrogens with zero attached hydrogens (tertiary/aromatic N) is 1. The van der Waals surface area contributed by atoms with E-state index in [1.54, 1.807) is 36.7 Å². The second kappa shape index (κ2) is 28.3. The van der Waals surface area contributed by atoms with E-state index >= 15 is 0 Å². The van der Waals surface area contributed by atoms with Crippen molar-refractivity contribution in [3.8, 4) is 0 Å². The van der Waals surface area contributed by atoms with Gasteiger partial charge in [-0.3, -0.25) is 43.9 Å². The van der Waals surface area contributed by atoms with E-state index in [1.165, 1.54) is 6.92 Å². The van der Waals surface area contributed by atoms with Crippen LogP contribution in [0.1, 0.15) is 75.0 Å². The van der Waals surface area contributed by atoms with Gasteiger partial charge in [-0.25, -0.2) is 0 Å². The zero-order valence-corrected chi connectivity index (χ0v) is 40.7. The molecular formula is C51H70N14O7. The fourth-order valence-corrected chi connectivity index (χ4v) is 8.28. The van der Waals surface area contributed by atoms with E-state index in [9.17, 15) is 33.6 Å². The summed E-state index contributed by atoms with van der Waals surface area (Å²) in [6.45, 7) is 2.15. The number of benzene rings is 3. The number of carbonyl (C=O) groups excluding carboxylic acids is 7. The Morgan fingerprint density at radius 1 is 0.528 bits per heavy atom. The van der Waals surface area contributed by atoms with Gasteiger partial charge >= 0.3 is 0 Å². The van der Waals surface area contributed by atoms with Crippen LogP contribution in [0.15, 0.2) is 96.2 Å². The van der Waals surface area contributed by atoms with Gasteiger partial charge in [0.15, 0.2) is 5.96 Å². The number of amides is 7. The summed E-state index contributed by atoms with van der Waals surface area (Å²) < 4.78 is 0. The van der Waals surface area contributed by atoms with Crippen LogP contribution in [0.2, 0.25) is 0 Å². The van der Waals surface area contributed by atoms with Gasteiger partial charge in [0.1, 0.15) is 30.2 Å². The zero-order valence-electron chi connectivity index (χ0n) is 40.7. The number of aromatic amines is 2. The highest BCUT2D eigenvalue weighted by atomic mass is 16.2. The van der Waals surface area contributed by atoms with Crippen LogP contribution in [-0.2, 0) is 52.8 Å². The quantitative estimate of drug-likeness (QED) is 0.0177. The van der Waals surface area contributed by atoms with E-state index in [1.807, 2.05) is 54.6 Å². The molecule has 0 fully saturated rings. The topological polar surface area (TPSA) is 366 Å². The van der Waals surface area contributed by atoms with E-state index in [0.29, 0.717) is 56.3 Å². The molecule has 2 aromatic heterocycles. The predicted molar refractivity (Wildman–Crippen MR) is 276 cm³/mol. The Hall–Kier alpha value is -7.62. The molecule has 0 bridgehead atoms. The van der Waals surface area contributed by atoms with E-state index in [0.717, 1.165) is 27.4 Å². The number of rotatable bonds is 29. The fourth-order valence-electron chi connectivity index (χ4n) is 8.28. The number of nitrogens with one attached hydrogen (secondary N) is 8. The summed E-state index contributed by atoms with van der Waals surface area (Å²) in [5, 5.41) is 18.1. The number of fused-ring (bicyclic) bond motifs is 2. The summed E-state index contributed by atoms with van der Waals surface area (Å²) in [6, 6.07) is 17.0.